The quantitative estimate of drug-likeness (QED) is 0.569. The molecule has 0 aromatic heterocycles. The fourth-order valence-corrected chi connectivity index (χ4v) is 5.27. The minimum Gasteiger partial charge on any atom is -0.382 e. The Hall–Kier alpha value is -1.84. The Morgan fingerprint density at radius 3 is 2.61 bits per heavy atom. The lowest BCUT2D eigenvalue weighted by Gasteiger charge is -2.36. The number of hydrogen-bond donors (Lipinski definition) is 2. The summed E-state index contributed by atoms with van der Waals surface area (Å²) in [6, 6.07) is 7.42. The van der Waals surface area contributed by atoms with E-state index in [0.29, 0.717) is 12.1 Å². The number of likely N-dealkylation sites (tertiary alicyclic amines) is 1. The maximum absolute atomic E-state index is 12.6. The predicted molar refractivity (Wildman–Crippen MR) is 111 cm³/mol. The van der Waals surface area contributed by atoms with Gasteiger partial charge in [-0.1, -0.05) is 0 Å². The number of nitrogens with zero attached hydrogens (tertiary/aromatic N) is 3. The zero-order valence-electron chi connectivity index (χ0n) is 15.9. The molecule has 1 aromatic rings. The number of hydrogen-bond acceptors (Lipinski definition) is 7. The van der Waals surface area contributed by atoms with E-state index in [-0.39, 0.29) is 22.6 Å². The largest absolute Gasteiger partial charge is 0.382 e. The van der Waals surface area contributed by atoms with Crippen LogP contribution in [0.2, 0.25) is 0 Å². The van der Waals surface area contributed by atoms with Gasteiger partial charge in [0.05, 0.1) is 16.8 Å². The number of thioether (sulfide) groups is 1. The van der Waals surface area contributed by atoms with Gasteiger partial charge in [0.1, 0.15) is 0 Å². The third-order valence-electron chi connectivity index (χ3n) is 5.96. The molecular formula is C19H27N5O3S. The van der Waals surface area contributed by atoms with Crippen LogP contribution in [0.25, 0.3) is 0 Å². The molecule has 2 N–H and O–H groups in total. The van der Waals surface area contributed by atoms with Crippen LogP contribution in [0.5, 0.6) is 0 Å². The minimum atomic E-state index is -0.377. The molecule has 0 unspecified atom stereocenters. The molecule has 4 rings (SSSR count). The number of anilines is 1. The Kier molecular flexibility index (Phi) is 6.03. The monoisotopic (exact) mass is 405 g/mol. The number of rotatable bonds is 5. The van der Waals surface area contributed by atoms with Crippen LogP contribution in [0.3, 0.4) is 0 Å². The second-order valence-corrected chi connectivity index (χ2v) is 8.82. The van der Waals surface area contributed by atoms with Crippen molar-refractivity contribution < 1.29 is 9.72 Å². The molecule has 0 radical (unpaired) electrons. The van der Waals surface area contributed by atoms with Gasteiger partial charge in [-0.25, -0.2) is 0 Å². The van der Waals surface area contributed by atoms with Crippen molar-refractivity contribution in [2.75, 3.05) is 43.1 Å². The van der Waals surface area contributed by atoms with E-state index in [1.165, 1.54) is 12.1 Å². The first-order valence-corrected chi connectivity index (χ1v) is 11.1. The van der Waals surface area contributed by atoms with Gasteiger partial charge in [-0.15, -0.1) is 11.8 Å². The lowest BCUT2D eigenvalue weighted by Crippen LogP contribution is -2.45. The third-order valence-corrected chi connectivity index (χ3v) is 6.93. The number of benzene rings is 1. The fraction of sp³-hybridized carbons (Fsp3) is 0.632. The van der Waals surface area contributed by atoms with Gasteiger partial charge < -0.3 is 15.5 Å². The molecule has 0 spiro atoms. The van der Waals surface area contributed by atoms with Crippen LogP contribution >= 0.6 is 11.8 Å². The standard InChI is InChI=1S/C19H27N5O3S/c25-19(23-9-10-28-13-23)18-11-17(12-20-18)22-7-5-15(6-8-22)21-14-1-3-16(4-2-14)24(26)27/h1-4,15,17-18,20-21H,5-13H2/t17-,18-/m0/s1. The number of non-ortho nitro benzene ring substituents is 1. The summed E-state index contributed by atoms with van der Waals surface area (Å²) < 4.78 is 0. The molecule has 3 saturated heterocycles. The van der Waals surface area contributed by atoms with Gasteiger partial charge >= 0.3 is 0 Å². The number of carbonyl (C=O) groups is 1. The molecule has 3 heterocycles. The molecular weight excluding hydrogens is 378 g/mol. The van der Waals surface area contributed by atoms with Gasteiger partial charge in [-0.05, 0) is 31.4 Å². The number of nitro benzene ring substituents is 1. The van der Waals surface area contributed by atoms with E-state index in [1.807, 2.05) is 16.7 Å². The maximum atomic E-state index is 12.6. The average Bonchev–Trinajstić information content (AvgIpc) is 3.41. The Bertz CT molecular complexity index is 702. The molecule has 152 valence electrons. The molecule has 0 bridgehead atoms. The second kappa shape index (κ2) is 8.67. The molecule has 1 aromatic carbocycles. The summed E-state index contributed by atoms with van der Waals surface area (Å²) in [6.07, 6.45) is 2.98. The Balaban J connectivity index is 1.23. The maximum Gasteiger partial charge on any atom is 0.269 e. The normalized spacial score (nSPS) is 26.5. The number of carbonyl (C=O) groups excluding carboxylic acids is 1. The van der Waals surface area contributed by atoms with Crippen LogP contribution in [-0.2, 0) is 4.79 Å². The van der Waals surface area contributed by atoms with Crippen molar-refractivity contribution in [1.82, 2.24) is 15.1 Å². The van der Waals surface area contributed by atoms with Crippen molar-refractivity contribution in [2.45, 2.75) is 37.4 Å². The zero-order valence-corrected chi connectivity index (χ0v) is 16.7. The number of piperidine rings is 1. The Morgan fingerprint density at radius 1 is 1.21 bits per heavy atom. The summed E-state index contributed by atoms with van der Waals surface area (Å²) in [5.41, 5.74) is 1.05. The topological polar surface area (TPSA) is 90.8 Å². The summed E-state index contributed by atoms with van der Waals surface area (Å²) in [5, 5.41) is 17.7. The molecule has 3 aliphatic rings. The molecule has 3 fully saturated rings. The van der Waals surface area contributed by atoms with Crippen LogP contribution in [0.15, 0.2) is 24.3 Å². The van der Waals surface area contributed by atoms with Crippen molar-refractivity contribution >= 4 is 29.0 Å². The summed E-state index contributed by atoms with van der Waals surface area (Å²) in [5.74, 6) is 2.15. The average molecular weight is 406 g/mol. The van der Waals surface area contributed by atoms with Crippen molar-refractivity contribution in [2.24, 2.45) is 0 Å². The van der Waals surface area contributed by atoms with Crippen molar-refractivity contribution in [3.8, 4) is 0 Å². The van der Waals surface area contributed by atoms with Crippen molar-refractivity contribution in [3.63, 3.8) is 0 Å². The van der Waals surface area contributed by atoms with E-state index in [0.717, 1.165) is 62.8 Å². The number of nitro groups is 1. The zero-order chi connectivity index (χ0) is 19.5. The van der Waals surface area contributed by atoms with E-state index in [1.54, 1.807) is 12.1 Å². The first kappa shape index (κ1) is 19.5. The van der Waals surface area contributed by atoms with E-state index < -0.39 is 0 Å². The molecule has 0 aliphatic carbocycles. The third kappa shape index (κ3) is 4.42. The van der Waals surface area contributed by atoms with Crippen LogP contribution in [0.4, 0.5) is 11.4 Å². The molecule has 3 aliphatic heterocycles. The van der Waals surface area contributed by atoms with E-state index in [9.17, 15) is 14.9 Å². The fourth-order valence-electron chi connectivity index (χ4n) is 4.32. The summed E-state index contributed by atoms with van der Waals surface area (Å²) in [6.45, 7) is 3.79. The highest BCUT2D eigenvalue weighted by Gasteiger charge is 2.36. The predicted octanol–water partition coefficient (Wildman–Crippen LogP) is 1.73. The van der Waals surface area contributed by atoms with Crippen LogP contribution in [0, 0.1) is 10.1 Å². The van der Waals surface area contributed by atoms with Gasteiger partial charge in [0.2, 0.25) is 5.91 Å². The van der Waals surface area contributed by atoms with Crippen LogP contribution in [0.1, 0.15) is 19.3 Å². The van der Waals surface area contributed by atoms with Crippen LogP contribution < -0.4 is 10.6 Å². The highest BCUT2D eigenvalue weighted by atomic mass is 32.2. The lowest BCUT2D eigenvalue weighted by atomic mass is 10.0. The summed E-state index contributed by atoms with van der Waals surface area (Å²) >= 11 is 1.83. The molecule has 1 amide bonds. The SMILES string of the molecule is O=C([C@@H]1C[C@H](N2CCC(Nc3ccc([N+](=O)[O-])cc3)CC2)CN1)N1CCSC1. The molecule has 0 saturated carbocycles. The van der Waals surface area contributed by atoms with Gasteiger partial charge in [-0.2, -0.15) is 0 Å². The Labute approximate surface area is 169 Å². The summed E-state index contributed by atoms with van der Waals surface area (Å²) in [7, 11) is 0. The number of nitrogens with one attached hydrogen (secondary N) is 2. The molecule has 28 heavy (non-hydrogen) atoms. The number of amides is 1. The van der Waals surface area contributed by atoms with Gasteiger partial charge in [0.15, 0.2) is 0 Å². The minimum absolute atomic E-state index is 0.0281. The van der Waals surface area contributed by atoms with E-state index in [4.69, 9.17) is 0 Å². The van der Waals surface area contributed by atoms with Crippen LogP contribution in [-0.4, -0.2) is 76.6 Å². The van der Waals surface area contributed by atoms with Crippen molar-refractivity contribution in [1.29, 1.82) is 0 Å². The highest BCUT2D eigenvalue weighted by molar-refractivity contribution is 7.99. The van der Waals surface area contributed by atoms with E-state index >= 15 is 0 Å². The summed E-state index contributed by atoms with van der Waals surface area (Å²) in [4.78, 5) is 27.4. The first-order valence-electron chi connectivity index (χ1n) is 9.95. The Morgan fingerprint density at radius 2 is 1.96 bits per heavy atom. The lowest BCUT2D eigenvalue weighted by molar-refractivity contribution is -0.384. The first-order chi connectivity index (χ1) is 13.6. The van der Waals surface area contributed by atoms with E-state index in [2.05, 4.69) is 15.5 Å². The molecule has 2 atom stereocenters. The van der Waals surface area contributed by atoms with Gasteiger partial charge in [0.25, 0.3) is 5.69 Å². The van der Waals surface area contributed by atoms with Gasteiger partial charge in [0, 0.05) is 61.8 Å². The van der Waals surface area contributed by atoms with Crippen molar-refractivity contribution in [3.05, 3.63) is 34.4 Å². The smallest absolute Gasteiger partial charge is 0.269 e. The van der Waals surface area contributed by atoms with Gasteiger partial charge in [-0.3, -0.25) is 19.8 Å². The highest BCUT2D eigenvalue weighted by Crippen LogP contribution is 2.24. The molecule has 8 nitrogen and oxygen atoms in total. The second-order valence-electron chi connectivity index (χ2n) is 7.75. The molecule has 9 heteroatoms.